The molecule has 1 aliphatic rings. The van der Waals surface area contributed by atoms with Crippen molar-refractivity contribution in [3.8, 4) is 0 Å². The van der Waals surface area contributed by atoms with E-state index in [1.165, 1.54) is 0 Å². The summed E-state index contributed by atoms with van der Waals surface area (Å²) in [5, 5.41) is 0. The van der Waals surface area contributed by atoms with Crippen LogP contribution in [-0.4, -0.2) is 24.8 Å². The lowest BCUT2D eigenvalue weighted by Crippen LogP contribution is -2.29. The van der Waals surface area contributed by atoms with Crippen molar-refractivity contribution in [1.29, 1.82) is 0 Å². The van der Waals surface area contributed by atoms with Crippen LogP contribution in [-0.2, 0) is 10.1 Å². The molecule has 1 saturated carbocycles. The minimum atomic E-state index is -3.78. The van der Waals surface area contributed by atoms with E-state index < -0.39 is 10.1 Å². The summed E-state index contributed by atoms with van der Waals surface area (Å²) in [7, 11) is -3.78. The Balaban J connectivity index is 2.36. The molecule has 0 amide bonds. The van der Waals surface area contributed by atoms with E-state index in [9.17, 15) is 8.42 Å². The van der Waals surface area contributed by atoms with E-state index >= 15 is 0 Å². The van der Waals surface area contributed by atoms with Crippen molar-refractivity contribution in [2.45, 2.75) is 31.7 Å². The van der Waals surface area contributed by atoms with Gasteiger partial charge in [0.2, 0.25) is 0 Å². The first-order chi connectivity index (χ1) is 5.47. The Bertz CT molecular complexity index is 229. The molecule has 12 heavy (non-hydrogen) atoms. The fourth-order valence-corrected chi connectivity index (χ4v) is 2.58. The van der Waals surface area contributed by atoms with Crippen LogP contribution < -0.4 is 5.73 Å². The summed E-state index contributed by atoms with van der Waals surface area (Å²) in [5.41, 5.74) is 5.65. The molecular formula is C7H15NO3S. The molecular weight excluding hydrogens is 178 g/mol. The third-order valence-corrected chi connectivity index (χ3v) is 3.23. The van der Waals surface area contributed by atoms with Gasteiger partial charge in [-0.15, -0.1) is 0 Å². The van der Waals surface area contributed by atoms with Crippen molar-refractivity contribution >= 4 is 10.1 Å². The summed E-state index contributed by atoms with van der Waals surface area (Å²) in [6.07, 6.45) is 3.39. The molecule has 3 N–H and O–H groups in total. The Morgan fingerprint density at radius 3 is 2.17 bits per heavy atom. The highest BCUT2D eigenvalue weighted by molar-refractivity contribution is 7.85. The molecule has 0 atom stereocenters. The SMILES string of the molecule is N[C@H]1CC[C@H](CS(=O)(=O)O)CC1. The lowest BCUT2D eigenvalue weighted by atomic mass is 9.88. The van der Waals surface area contributed by atoms with E-state index in [4.69, 9.17) is 10.3 Å². The first kappa shape index (κ1) is 9.95. The van der Waals surface area contributed by atoms with Gasteiger partial charge in [-0.1, -0.05) is 0 Å². The molecule has 0 heterocycles. The normalized spacial score (nSPS) is 31.8. The van der Waals surface area contributed by atoms with Crippen molar-refractivity contribution < 1.29 is 13.0 Å². The number of nitrogens with two attached hydrogens (primary N) is 1. The molecule has 1 rings (SSSR count). The maximum Gasteiger partial charge on any atom is 0.265 e. The minimum absolute atomic E-state index is 0.0975. The summed E-state index contributed by atoms with van der Waals surface area (Å²) in [6.45, 7) is 0. The van der Waals surface area contributed by atoms with Crippen molar-refractivity contribution in [3.05, 3.63) is 0 Å². The molecule has 0 aromatic heterocycles. The van der Waals surface area contributed by atoms with E-state index in [-0.39, 0.29) is 17.7 Å². The molecule has 1 fully saturated rings. The molecule has 1 aliphatic carbocycles. The lowest BCUT2D eigenvalue weighted by molar-refractivity contribution is 0.341. The average Bonchev–Trinajstić information content (AvgIpc) is 1.91. The molecule has 72 valence electrons. The maximum atomic E-state index is 10.5. The summed E-state index contributed by atoms with van der Waals surface area (Å²) in [6, 6.07) is 0.225. The second kappa shape index (κ2) is 3.72. The van der Waals surface area contributed by atoms with Gasteiger partial charge in [-0.25, -0.2) is 0 Å². The summed E-state index contributed by atoms with van der Waals surface area (Å²) in [5.74, 6) is 0.0134. The molecule has 4 nitrogen and oxygen atoms in total. The van der Waals surface area contributed by atoms with Gasteiger partial charge in [0.1, 0.15) is 0 Å². The van der Waals surface area contributed by atoms with Crippen LogP contribution in [0.15, 0.2) is 0 Å². The fourth-order valence-electron chi connectivity index (χ4n) is 1.65. The van der Waals surface area contributed by atoms with Gasteiger partial charge >= 0.3 is 0 Å². The Labute approximate surface area is 72.9 Å². The van der Waals surface area contributed by atoms with E-state index in [1.54, 1.807) is 0 Å². The molecule has 0 saturated heterocycles. The third kappa shape index (κ3) is 3.51. The van der Waals surface area contributed by atoms with Crippen molar-refractivity contribution in [3.63, 3.8) is 0 Å². The van der Waals surface area contributed by atoms with Crippen LogP contribution in [0.4, 0.5) is 0 Å². The van der Waals surface area contributed by atoms with Crippen LogP contribution in [0, 0.1) is 5.92 Å². The Morgan fingerprint density at radius 1 is 1.25 bits per heavy atom. The molecule has 0 aliphatic heterocycles. The van der Waals surface area contributed by atoms with Crippen LogP contribution in [0.1, 0.15) is 25.7 Å². The summed E-state index contributed by atoms with van der Waals surface area (Å²) in [4.78, 5) is 0. The highest BCUT2D eigenvalue weighted by Gasteiger charge is 2.22. The zero-order valence-corrected chi connectivity index (χ0v) is 7.76. The van der Waals surface area contributed by atoms with Gasteiger partial charge < -0.3 is 5.73 Å². The van der Waals surface area contributed by atoms with Crippen LogP contribution >= 0.6 is 0 Å². The zero-order chi connectivity index (χ0) is 9.19. The topological polar surface area (TPSA) is 80.4 Å². The largest absolute Gasteiger partial charge is 0.328 e. The summed E-state index contributed by atoms with van der Waals surface area (Å²) < 4.78 is 29.6. The van der Waals surface area contributed by atoms with Gasteiger partial charge in [0.15, 0.2) is 0 Å². The molecule has 0 bridgehead atoms. The van der Waals surface area contributed by atoms with Crippen LogP contribution in [0.25, 0.3) is 0 Å². The van der Waals surface area contributed by atoms with Gasteiger partial charge in [0, 0.05) is 6.04 Å². The van der Waals surface area contributed by atoms with E-state index in [2.05, 4.69) is 0 Å². The van der Waals surface area contributed by atoms with E-state index in [0.717, 1.165) is 25.7 Å². The lowest BCUT2D eigenvalue weighted by Gasteiger charge is -2.24. The van der Waals surface area contributed by atoms with Gasteiger partial charge in [0.05, 0.1) is 5.75 Å². The second-order valence-corrected chi connectivity index (χ2v) is 5.03. The van der Waals surface area contributed by atoms with E-state index in [1.807, 2.05) is 0 Å². The van der Waals surface area contributed by atoms with Crippen molar-refractivity contribution in [1.82, 2.24) is 0 Å². The predicted octanol–water partition coefficient (Wildman–Crippen LogP) is 0.392. The van der Waals surface area contributed by atoms with Gasteiger partial charge in [-0.05, 0) is 31.6 Å². The first-order valence-electron chi connectivity index (χ1n) is 4.18. The van der Waals surface area contributed by atoms with Crippen LogP contribution in [0.2, 0.25) is 0 Å². The van der Waals surface area contributed by atoms with E-state index in [0.29, 0.717) is 0 Å². The second-order valence-electron chi connectivity index (χ2n) is 3.53. The third-order valence-electron chi connectivity index (χ3n) is 2.34. The molecule has 0 unspecified atom stereocenters. The quantitative estimate of drug-likeness (QED) is 0.622. The van der Waals surface area contributed by atoms with Crippen LogP contribution in [0.5, 0.6) is 0 Å². The highest BCUT2D eigenvalue weighted by Crippen LogP contribution is 2.23. The zero-order valence-electron chi connectivity index (χ0n) is 6.94. The average molecular weight is 193 g/mol. The fraction of sp³-hybridized carbons (Fsp3) is 1.00. The van der Waals surface area contributed by atoms with Gasteiger partial charge in [0.25, 0.3) is 10.1 Å². The Kier molecular flexibility index (Phi) is 3.09. The van der Waals surface area contributed by atoms with Gasteiger partial charge in [-0.3, -0.25) is 4.55 Å². The molecule has 0 aromatic rings. The van der Waals surface area contributed by atoms with Crippen LogP contribution in [0.3, 0.4) is 0 Å². The smallest absolute Gasteiger partial charge is 0.265 e. The van der Waals surface area contributed by atoms with Gasteiger partial charge in [-0.2, -0.15) is 8.42 Å². The summed E-state index contributed by atoms with van der Waals surface area (Å²) >= 11 is 0. The van der Waals surface area contributed by atoms with Crippen molar-refractivity contribution in [2.24, 2.45) is 11.7 Å². The predicted molar refractivity (Wildman–Crippen MR) is 46.3 cm³/mol. The number of hydrogen-bond donors (Lipinski definition) is 2. The monoisotopic (exact) mass is 193 g/mol. The highest BCUT2D eigenvalue weighted by atomic mass is 32.2. The molecule has 0 radical (unpaired) electrons. The number of hydrogen-bond acceptors (Lipinski definition) is 3. The molecule has 0 aromatic carbocycles. The Hall–Kier alpha value is -0.130. The Morgan fingerprint density at radius 2 is 1.75 bits per heavy atom. The maximum absolute atomic E-state index is 10.5. The molecule has 0 spiro atoms. The standard InChI is InChI=1S/C7H15NO3S/c8-7-3-1-6(2-4-7)5-12(9,10)11/h6-7H,1-5,8H2,(H,9,10,11)/t6-,7-. The number of rotatable bonds is 2. The first-order valence-corrected chi connectivity index (χ1v) is 5.79. The minimum Gasteiger partial charge on any atom is -0.328 e. The molecule has 5 heteroatoms. The van der Waals surface area contributed by atoms with Crippen molar-refractivity contribution in [2.75, 3.05) is 5.75 Å².